The molecule has 2 unspecified atom stereocenters. The van der Waals surface area contributed by atoms with Crippen molar-refractivity contribution < 1.29 is 9.53 Å². The molecule has 6 heteroatoms. The van der Waals surface area contributed by atoms with E-state index < -0.39 is 0 Å². The van der Waals surface area contributed by atoms with Crippen molar-refractivity contribution in [1.82, 2.24) is 9.80 Å². The average molecular weight is 385 g/mol. The Labute approximate surface area is 168 Å². The Kier molecular flexibility index (Phi) is 6.71. The van der Waals surface area contributed by atoms with Gasteiger partial charge in [0.05, 0.1) is 30.0 Å². The maximum atomic E-state index is 12.3. The predicted octanol–water partition coefficient (Wildman–Crippen LogP) is 2.36. The second-order valence-corrected chi connectivity index (χ2v) is 8.94. The summed E-state index contributed by atoms with van der Waals surface area (Å²) in [5, 5.41) is 12.5. The third kappa shape index (κ3) is 5.54. The largest absolute Gasteiger partial charge is 0.384 e. The first-order valence-corrected chi connectivity index (χ1v) is 10.2. The minimum Gasteiger partial charge on any atom is -0.384 e. The molecule has 2 aliphatic heterocycles. The zero-order valence-electron chi connectivity index (χ0n) is 17.3. The first kappa shape index (κ1) is 20.8. The third-order valence-corrected chi connectivity index (χ3v) is 5.45. The fraction of sp³-hybridized carbons (Fsp3) is 0.636. The molecule has 152 valence electrons. The van der Waals surface area contributed by atoms with Gasteiger partial charge in [0.1, 0.15) is 6.07 Å². The number of benzene rings is 1. The lowest BCUT2D eigenvalue weighted by Crippen LogP contribution is -2.60. The van der Waals surface area contributed by atoms with Crippen LogP contribution in [0.25, 0.3) is 0 Å². The molecule has 0 aliphatic carbocycles. The monoisotopic (exact) mass is 384 g/mol. The fourth-order valence-electron chi connectivity index (χ4n) is 3.87. The van der Waals surface area contributed by atoms with E-state index in [2.05, 4.69) is 21.2 Å². The number of ketones is 1. The van der Waals surface area contributed by atoms with Gasteiger partial charge in [0.2, 0.25) is 0 Å². The highest BCUT2D eigenvalue weighted by molar-refractivity contribution is 5.85. The van der Waals surface area contributed by atoms with Crippen LogP contribution in [0.1, 0.15) is 32.8 Å². The van der Waals surface area contributed by atoms with Gasteiger partial charge in [-0.15, -0.1) is 0 Å². The number of anilines is 1. The van der Waals surface area contributed by atoms with Crippen molar-refractivity contribution in [2.75, 3.05) is 51.1 Å². The van der Waals surface area contributed by atoms with Crippen LogP contribution in [-0.2, 0) is 9.53 Å². The summed E-state index contributed by atoms with van der Waals surface area (Å²) < 4.78 is 6.11. The van der Waals surface area contributed by atoms with Crippen LogP contribution in [0.2, 0.25) is 0 Å². The smallest absolute Gasteiger partial charge is 0.152 e. The molecule has 2 fully saturated rings. The van der Waals surface area contributed by atoms with E-state index in [9.17, 15) is 4.79 Å². The van der Waals surface area contributed by atoms with E-state index in [0.29, 0.717) is 17.9 Å². The predicted molar refractivity (Wildman–Crippen MR) is 110 cm³/mol. The Morgan fingerprint density at radius 3 is 2.46 bits per heavy atom. The summed E-state index contributed by atoms with van der Waals surface area (Å²) in [5.74, 6) is 0.299. The van der Waals surface area contributed by atoms with Crippen molar-refractivity contribution in [2.24, 2.45) is 5.41 Å². The number of nitrogens with one attached hydrogen (secondary N) is 1. The number of para-hydroxylation sites is 1. The summed E-state index contributed by atoms with van der Waals surface area (Å²) in [4.78, 5) is 17.1. The topological polar surface area (TPSA) is 68.6 Å². The van der Waals surface area contributed by atoms with E-state index in [1.807, 2.05) is 45.0 Å². The number of nitriles is 1. The number of fused-ring (bicyclic) bond motifs is 2. The number of morpholine rings is 2. The first-order valence-electron chi connectivity index (χ1n) is 10.2. The molecule has 2 bridgehead atoms. The molecule has 2 atom stereocenters. The zero-order valence-corrected chi connectivity index (χ0v) is 17.3. The highest BCUT2D eigenvalue weighted by atomic mass is 16.5. The summed E-state index contributed by atoms with van der Waals surface area (Å²) in [6.45, 7) is 11.9. The summed E-state index contributed by atoms with van der Waals surface area (Å²) in [6, 6.07) is 9.84. The summed E-state index contributed by atoms with van der Waals surface area (Å²) in [7, 11) is 0. The van der Waals surface area contributed by atoms with E-state index >= 15 is 0 Å². The molecule has 1 N–H and O–H groups in total. The quantitative estimate of drug-likeness (QED) is 0.728. The minimum absolute atomic E-state index is 0.188. The van der Waals surface area contributed by atoms with E-state index in [4.69, 9.17) is 10.00 Å². The Morgan fingerprint density at radius 2 is 1.82 bits per heavy atom. The van der Waals surface area contributed by atoms with Crippen molar-refractivity contribution in [2.45, 2.75) is 39.4 Å². The highest BCUT2D eigenvalue weighted by Gasteiger charge is 2.36. The molecule has 0 amide bonds. The van der Waals surface area contributed by atoms with Gasteiger partial charge < -0.3 is 10.1 Å². The summed E-state index contributed by atoms with van der Waals surface area (Å²) in [6.07, 6.45) is 1.39. The minimum atomic E-state index is -0.281. The van der Waals surface area contributed by atoms with Crippen LogP contribution in [-0.4, -0.2) is 73.6 Å². The van der Waals surface area contributed by atoms with Crippen LogP contribution in [0.3, 0.4) is 0 Å². The summed E-state index contributed by atoms with van der Waals surface area (Å²) >= 11 is 0. The van der Waals surface area contributed by atoms with Gasteiger partial charge in [0, 0.05) is 44.7 Å². The van der Waals surface area contributed by atoms with E-state index in [1.54, 1.807) is 0 Å². The SMILES string of the molecule is CC(C)(C)C(=O)CN1CC2CN(CCCNc3ccccc3C#N)CC(C1)O2. The number of carbonyl (C=O) groups excluding carboxylic acids is 1. The second kappa shape index (κ2) is 9.04. The number of carbonyl (C=O) groups is 1. The van der Waals surface area contributed by atoms with Gasteiger partial charge >= 0.3 is 0 Å². The van der Waals surface area contributed by atoms with Crippen LogP contribution in [0.5, 0.6) is 0 Å². The third-order valence-electron chi connectivity index (χ3n) is 5.45. The molecule has 2 saturated heterocycles. The fourth-order valence-corrected chi connectivity index (χ4v) is 3.87. The summed E-state index contributed by atoms with van der Waals surface area (Å²) in [5.41, 5.74) is 1.31. The number of hydrogen-bond acceptors (Lipinski definition) is 6. The van der Waals surface area contributed by atoms with Crippen molar-refractivity contribution in [3.8, 4) is 6.07 Å². The Bertz CT molecular complexity index is 708. The van der Waals surface area contributed by atoms with Crippen molar-refractivity contribution in [1.29, 1.82) is 5.26 Å². The van der Waals surface area contributed by atoms with E-state index in [1.165, 1.54) is 0 Å². The molecule has 0 radical (unpaired) electrons. The lowest BCUT2D eigenvalue weighted by Gasteiger charge is -2.46. The van der Waals surface area contributed by atoms with Crippen LogP contribution in [0.15, 0.2) is 24.3 Å². The number of ether oxygens (including phenoxy) is 1. The van der Waals surface area contributed by atoms with E-state index in [-0.39, 0.29) is 17.6 Å². The molecular weight excluding hydrogens is 352 g/mol. The van der Waals surface area contributed by atoms with Gasteiger partial charge in [-0.25, -0.2) is 0 Å². The van der Waals surface area contributed by atoms with Crippen LogP contribution in [0, 0.1) is 16.7 Å². The second-order valence-electron chi connectivity index (χ2n) is 8.94. The molecule has 28 heavy (non-hydrogen) atoms. The maximum Gasteiger partial charge on any atom is 0.152 e. The van der Waals surface area contributed by atoms with Gasteiger partial charge in [-0.1, -0.05) is 32.9 Å². The van der Waals surface area contributed by atoms with Gasteiger partial charge in [0.15, 0.2) is 5.78 Å². The maximum absolute atomic E-state index is 12.3. The number of rotatable bonds is 7. The molecule has 0 spiro atoms. The molecule has 2 heterocycles. The molecule has 0 saturated carbocycles. The highest BCUT2D eigenvalue weighted by Crippen LogP contribution is 2.22. The molecule has 0 aromatic heterocycles. The normalized spacial score (nSPS) is 23.2. The van der Waals surface area contributed by atoms with Gasteiger partial charge in [0.25, 0.3) is 0 Å². The van der Waals surface area contributed by atoms with E-state index in [0.717, 1.165) is 51.4 Å². The molecule has 1 aromatic rings. The molecule has 1 aromatic carbocycles. The van der Waals surface area contributed by atoms with Gasteiger partial charge in [-0.3, -0.25) is 14.6 Å². The van der Waals surface area contributed by atoms with Crippen LogP contribution in [0.4, 0.5) is 5.69 Å². The van der Waals surface area contributed by atoms with Crippen LogP contribution >= 0.6 is 0 Å². The van der Waals surface area contributed by atoms with Crippen molar-refractivity contribution in [3.63, 3.8) is 0 Å². The number of nitrogens with zero attached hydrogens (tertiary/aromatic N) is 3. The number of Topliss-reactive ketones (excluding diaryl/α,β-unsaturated/α-hetero) is 1. The molecule has 2 aliphatic rings. The van der Waals surface area contributed by atoms with Crippen molar-refractivity contribution >= 4 is 11.5 Å². The Morgan fingerprint density at radius 1 is 1.18 bits per heavy atom. The zero-order chi connectivity index (χ0) is 20.1. The van der Waals surface area contributed by atoms with Crippen LogP contribution < -0.4 is 5.32 Å². The van der Waals surface area contributed by atoms with Gasteiger partial charge in [-0.2, -0.15) is 5.26 Å². The van der Waals surface area contributed by atoms with Crippen molar-refractivity contribution in [3.05, 3.63) is 29.8 Å². The first-order chi connectivity index (χ1) is 13.3. The molecule has 6 nitrogen and oxygen atoms in total. The average Bonchev–Trinajstić information content (AvgIpc) is 2.64. The molecular formula is C22H32N4O2. The Balaban J connectivity index is 1.41. The lowest BCUT2D eigenvalue weighted by molar-refractivity contribution is -0.147. The number of hydrogen-bond donors (Lipinski definition) is 1. The standard InChI is InChI=1S/C22H32N4O2/c1-22(2,3)21(27)16-26-14-18-12-25(13-19(15-26)28-18)10-6-9-24-20-8-5-4-7-17(20)11-23/h4-5,7-8,18-19,24H,6,9-10,12-16H2,1-3H3. The lowest BCUT2D eigenvalue weighted by atomic mass is 9.90. The van der Waals surface area contributed by atoms with Gasteiger partial charge in [-0.05, 0) is 18.6 Å². The molecule has 3 rings (SSSR count). The Hall–Kier alpha value is -1.94.